The minimum absolute atomic E-state index is 0.0984. The molecule has 0 spiro atoms. The Bertz CT molecular complexity index is 1540. The van der Waals surface area contributed by atoms with Gasteiger partial charge in [-0.05, 0) is 47.5 Å². The zero-order chi connectivity index (χ0) is 29.8. The molecule has 6 rings (SSSR count). The van der Waals surface area contributed by atoms with Crippen molar-refractivity contribution in [2.45, 2.75) is 50.2 Å². The van der Waals surface area contributed by atoms with Crippen molar-refractivity contribution < 1.29 is 18.7 Å². The molecule has 0 aliphatic carbocycles. The van der Waals surface area contributed by atoms with Gasteiger partial charge in [0, 0.05) is 55.5 Å². The number of carbonyl (C=O) groups is 1. The number of furan rings is 1. The van der Waals surface area contributed by atoms with Crippen molar-refractivity contribution >= 4 is 23.5 Å². The second kappa shape index (κ2) is 12.7. The Morgan fingerprint density at radius 1 is 0.930 bits per heavy atom. The Kier molecular flexibility index (Phi) is 8.58. The maximum Gasteiger partial charge on any atom is 0.251 e. The van der Waals surface area contributed by atoms with Crippen LogP contribution in [-0.4, -0.2) is 53.7 Å². The summed E-state index contributed by atoms with van der Waals surface area (Å²) in [4.78, 5) is 27.3. The molecule has 10 heteroatoms. The fourth-order valence-corrected chi connectivity index (χ4v) is 5.85. The van der Waals surface area contributed by atoms with Crippen molar-refractivity contribution in [3.63, 3.8) is 0 Å². The lowest BCUT2D eigenvalue weighted by Gasteiger charge is -2.36. The summed E-state index contributed by atoms with van der Waals surface area (Å²) < 4.78 is 16.3. The van der Waals surface area contributed by atoms with E-state index in [1.165, 1.54) is 5.56 Å². The van der Waals surface area contributed by atoms with Crippen molar-refractivity contribution in [3.8, 4) is 11.5 Å². The number of hydrogen-bond acceptors (Lipinski definition) is 9. The molecule has 2 aliphatic heterocycles. The molecule has 224 valence electrons. The van der Waals surface area contributed by atoms with E-state index in [-0.39, 0.29) is 11.3 Å². The largest absolute Gasteiger partial charge is 0.467 e. The monoisotopic (exact) mass is 599 g/mol. The predicted molar refractivity (Wildman–Crippen MR) is 167 cm³/mol. The maximum absolute atomic E-state index is 12.5. The van der Waals surface area contributed by atoms with E-state index in [1.54, 1.807) is 18.0 Å². The number of rotatable bonds is 9. The summed E-state index contributed by atoms with van der Waals surface area (Å²) in [7, 11) is 0. The number of fused-ring (bicyclic) bond motifs is 1. The number of aromatic nitrogens is 2. The first-order valence-electron chi connectivity index (χ1n) is 14.6. The first kappa shape index (κ1) is 29.1. The minimum Gasteiger partial charge on any atom is -0.467 e. The van der Waals surface area contributed by atoms with Gasteiger partial charge in [-0.25, -0.2) is 9.97 Å². The van der Waals surface area contributed by atoms with Crippen molar-refractivity contribution in [2.24, 2.45) is 0 Å². The lowest BCUT2D eigenvalue weighted by Crippen LogP contribution is -2.46. The number of amides is 1. The van der Waals surface area contributed by atoms with Gasteiger partial charge in [-0.3, -0.25) is 9.69 Å². The summed E-state index contributed by atoms with van der Waals surface area (Å²) in [6.45, 7) is 11.8. The molecule has 9 nitrogen and oxygen atoms in total. The molecule has 2 aromatic heterocycles. The van der Waals surface area contributed by atoms with Gasteiger partial charge in [0.25, 0.3) is 5.91 Å². The highest BCUT2D eigenvalue weighted by Gasteiger charge is 2.24. The summed E-state index contributed by atoms with van der Waals surface area (Å²) in [5, 5.41) is 3.65. The van der Waals surface area contributed by atoms with E-state index in [4.69, 9.17) is 23.9 Å². The number of nitrogens with zero attached hydrogens (tertiary/aromatic N) is 4. The Hall–Kier alpha value is -4.02. The molecule has 0 saturated carbocycles. The van der Waals surface area contributed by atoms with E-state index in [0.29, 0.717) is 24.7 Å². The van der Waals surface area contributed by atoms with Crippen LogP contribution in [0.2, 0.25) is 0 Å². The first-order valence-corrected chi connectivity index (χ1v) is 15.6. The molecule has 0 bridgehead atoms. The first-order chi connectivity index (χ1) is 20.8. The van der Waals surface area contributed by atoms with E-state index >= 15 is 0 Å². The van der Waals surface area contributed by atoms with Crippen LogP contribution in [0.3, 0.4) is 0 Å². The normalized spacial score (nSPS) is 15.1. The van der Waals surface area contributed by atoms with Crippen LogP contribution in [0.1, 0.15) is 53.7 Å². The summed E-state index contributed by atoms with van der Waals surface area (Å²) in [5.41, 5.74) is 3.89. The van der Waals surface area contributed by atoms with Gasteiger partial charge in [0.15, 0.2) is 16.7 Å². The van der Waals surface area contributed by atoms with Crippen LogP contribution in [0.5, 0.6) is 11.5 Å². The topological polar surface area (TPSA) is 93.0 Å². The lowest BCUT2D eigenvalue weighted by molar-refractivity contribution is 0.0948. The van der Waals surface area contributed by atoms with Crippen LogP contribution in [0.25, 0.3) is 0 Å². The third kappa shape index (κ3) is 7.32. The number of benzene rings is 2. The summed E-state index contributed by atoms with van der Waals surface area (Å²) in [5.74, 6) is 3.94. The number of piperazine rings is 1. The predicted octanol–water partition coefficient (Wildman–Crippen LogP) is 5.64. The fraction of sp³-hybridized carbons (Fsp3) is 0.364. The number of thioether (sulfide) groups is 1. The molecule has 1 fully saturated rings. The van der Waals surface area contributed by atoms with Gasteiger partial charge in [0.05, 0.1) is 18.5 Å². The van der Waals surface area contributed by atoms with E-state index in [1.807, 2.05) is 42.5 Å². The van der Waals surface area contributed by atoms with Gasteiger partial charge in [0.1, 0.15) is 11.6 Å². The quantitative estimate of drug-likeness (QED) is 0.194. The third-order valence-electron chi connectivity index (χ3n) is 7.59. The van der Waals surface area contributed by atoms with Crippen LogP contribution < -0.4 is 19.7 Å². The number of nitrogens with one attached hydrogen (secondary N) is 1. The standard InChI is InChI=1S/C33H37N5O4S/c1-33(2,3)29-18-30(38-14-12-37(13-15-38)20-24-8-11-27-28(17-24)42-22-41-27)36-32(35-29)43-21-23-6-9-25(10-7-23)31(39)34-19-26-5-4-16-40-26/h4-11,16-18H,12-15,19-22H2,1-3H3,(H,34,39). The van der Waals surface area contributed by atoms with E-state index in [0.717, 1.165) is 72.2 Å². The molecule has 0 radical (unpaired) electrons. The number of carbonyl (C=O) groups excluding carboxylic acids is 1. The number of ether oxygens (including phenoxy) is 2. The molecule has 1 N–H and O–H groups in total. The molecule has 1 saturated heterocycles. The Labute approximate surface area is 256 Å². The smallest absolute Gasteiger partial charge is 0.251 e. The summed E-state index contributed by atoms with van der Waals surface area (Å²) in [6.07, 6.45) is 1.60. The van der Waals surface area contributed by atoms with Gasteiger partial charge in [-0.15, -0.1) is 0 Å². The van der Waals surface area contributed by atoms with Crippen LogP contribution in [0.4, 0.5) is 5.82 Å². The molecule has 43 heavy (non-hydrogen) atoms. The average Bonchev–Trinajstić information content (AvgIpc) is 3.71. The highest BCUT2D eigenvalue weighted by atomic mass is 32.2. The highest BCUT2D eigenvalue weighted by Crippen LogP contribution is 2.33. The molecule has 1 amide bonds. The Morgan fingerprint density at radius 2 is 1.70 bits per heavy atom. The Balaban J connectivity index is 1.06. The molecule has 4 aromatic rings. The second-order valence-corrected chi connectivity index (χ2v) is 12.8. The van der Waals surface area contributed by atoms with Crippen LogP contribution in [-0.2, 0) is 24.3 Å². The molecule has 4 heterocycles. The summed E-state index contributed by atoms with van der Waals surface area (Å²) >= 11 is 1.62. The van der Waals surface area contributed by atoms with E-state index < -0.39 is 0 Å². The SMILES string of the molecule is CC(C)(C)c1cc(N2CCN(Cc3ccc4c(c3)OCO4)CC2)nc(SCc2ccc(C(=O)NCc3ccco3)cc2)n1. The van der Waals surface area contributed by atoms with E-state index in [2.05, 4.69) is 54.1 Å². The lowest BCUT2D eigenvalue weighted by atomic mass is 9.92. The highest BCUT2D eigenvalue weighted by molar-refractivity contribution is 7.98. The molecule has 0 atom stereocenters. The van der Waals surface area contributed by atoms with Gasteiger partial charge in [0.2, 0.25) is 6.79 Å². The average molecular weight is 600 g/mol. The van der Waals surface area contributed by atoms with E-state index in [9.17, 15) is 4.79 Å². The Morgan fingerprint density at radius 3 is 2.44 bits per heavy atom. The zero-order valence-electron chi connectivity index (χ0n) is 24.8. The molecular formula is C33H37N5O4S. The molecular weight excluding hydrogens is 562 g/mol. The van der Waals surface area contributed by atoms with Gasteiger partial charge < -0.3 is 24.1 Å². The van der Waals surface area contributed by atoms with Crippen molar-refractivity contribution in [1.29, 1.82) is 0 Å². The van der Waals surface area contributed by atoms with Crippen molar-refractivity contribution in [3.05, 3.63) is 95.1 Å². The van der Waals surface area contributed by atoms with Gasteiger partial charge >= 0.3 is 0 Å². The van der Waals surface area contributed by atoms with Gasteiger partial charge in [-0.1, -0.05) is 50.7 Å². The van der Waals surface area contributed by atoms with Crippen LogP contribution >= 0.6 is 11.8 Å². The minimum atomic E-state index is -0.127. The van der Waals surface area contributed by atoms with Crippen molar-refractivity contribution in [2.75, 3.05) is 37.9 Å². The van der Waals surface area contributed by atoms with Crippen LogP contribution in [0.15, 0.2) is 76.5 Å². The number of anilines is 1. The third-order valence-corrected chi connectivity index (χ3v) is 8.51. The van der Waals surface area contributed by atoms with Crippen LogP contribution in [0, 0.1) is 0 Å². The fourth-order valence-electron chi connectivity index (χ4n) is 5.04. The number of hydrogen-bond donors (Lipinski definition) is 1. The van der Waals surface area contributed by atoms with Crippen molar-refractivity contribution in [1.82, 2.24) is 20.2 Å². The van der Waals surface area contributed by atoms with Gasteiger partial charge in [-0.2, -0.15) is 0 Å². The molecule has 2 aliphatic rings. The zero-order valence-corrected chi connectivity index (χ0v) is 25.7. The second-order valence-electron chi connectivity index (χ2n) is 11.8. The summed E-state index contributed by atoms with van der Waals surface area (Å²) in [6, 6.07) is 19.7. The molecule has 0 unspecified atom stereocenters. The maximum atomic E-state index is 12.5. The molecule has 2 aromatic carbocycles.